The van der Waals surface area contributed by atoms with Gasteiger partial charge in [-0.3, -0.25) is 9.59 Å². The molecule has 0 aromatic carbocycles. The van der Waals surface area contributed by atoms with Gasteiger partial charge in [0.05, 0.1) is 0 Å². The Morgan fingerprint density at radius 1 is 0.622 bits per heavy atom. The lowest BCUT2D eigenvalue weighted by Crippen LogP contribution is -2.16. The highest BCUT2D eigenvalue weighted by molar-refractivity contribution is 5.69. The van der Waals surface area contributed by atoms with Gasteiger partial charge in [0.2, 0.25) is 0 Å². The minimum Gasteiger partial charge on any atom is -0.481 e. The molecule has 1 atom stereocenters. The summed E-state index contributed by atoms with van der Waals surface area (Å²) in [4.78, 5) is 23.1. The first kappa shape index (κ1) is 34.9. The molecule has 0 aliphatic rings. The molecule has 1 unspecified atom stereocenters. The van der Waals surface area contributed by atoms with Gasteiger partial charge in [-0.1, -0.05) is 121 Å². The van der Waals surface area contributed by atoms with Crippen molar-refractivity contribution in [1.82, 2.24) is 0 Å². The van der Waals surface area contributed by atoms with Gasteiger partial charge in [0.15, 0.2) is 0 Å². The van der Waals surface area contributed by atoms with Gasteiger partial charge in [-0.15, -0.1) is 0 Å². The number of unbranched alkanes of at least 4 members (excludes halogenated alkanes) is 11. The van der Waals surface area contributed by atoms with Gasteiger partial charge in [-0.2, -0.15) is 0 Å². The number of allylic oxidation sites excluding steroid dienone is 7. The first-order valence-electron chi connectivity index (χ1n) is 15.1. The molecule has 0 aliphatic heterocycles. The van der Waals surface area contributed by atoms with E-state index in [9.17, 15) is 9.59 Å². The predicted octanol–water partition coefficient (Wildman–Crippen LogP) is 10.0. The van der Waals surface area contributed by atoms with Gasteiger partial charge in [-0.25, -0.2) is 0 Å². The number of hydrogen-bond donors (Lipinski definition) is 1. The summed E-state index contributed by atoms with van der Waals surface area (Å²) in [5.74, 6) is -0.865. The van der Waals surface area contributed by atoms with Crippen LogP contribution in [0.5, 0.6) is 0 Å². The first-order valence-corrected chi connectivity index (χ1v) is 15.1. The Labute approximate surface area is 228 Å². The lowest BCUT2D eigenvalue weighted by atomic mass is 10.1. The van der Waals surface area contributed by atoms with Crippen molar-refractivity contribution >= 4 is 11.9 Å². The molecular formula is C33H56O4. The topological polar surface area (TPSA) is 63.6 Å². The van der Waals surface area contributed by atoms with E-state index in [4.69, 9.17) is 9.84 Å². The van der Waals surface area contributed by atoms with Crippen molar-refractivity contribution < 1.29 is 19.4 Å². The molecule has 0 amide bonds. The lowest BCUT2D eigenvalue weighted by Gasteiger charge is -2.14. The molecular weight excluding hydrogens is 460 g/mol. The van der Waals surface area contributed by atoms with Crippen molar-refractivity contribution in [1.29, 1.82) is 0 Å². The van der Waals surface area contributed by atoms with Crippen LogP contribution in [0.3, 0.4) is 0 Å². The lowest BCUT2D eigenvalue weighted by molar-refractivity contribution is -0.147. The van der Waals surface area contributed by atoms with Gasteiger partial charge in [0.1, 0.15) is 6.10 Å². The van der Waals surface area contributed by atoms with Crippen LogP contribution in [0.25, 0.3) is 0 Å². The van der Waals surface area contributed by atoms with Gasteiger partial charge < -0.3 is 9.84 Å². The van der Waals surface area contributed by atoms with Crippen LogP contribution >= 0.6 is 0 Å². The summed E-state index contributed by atoms with van der Waals surface area (Å²) in [5.41, 5.74) is 0. The number of aliphatic carboxylic acids is 1. The number of carbonyl (C=O) groups excluding carboxylic acids is 1. The van der Waals surface area contributed by atoms with Crippen molar-refractivity contribution in [3.05, 3.63) is 48.6 Å². The largest absolute Gasteiger partial charge is 0.481 e. The van der Waals surface area contributed by atoms with Crippen molar-refractivity contribution in [2.75, 3.05) is 0 Å². The average Bonchev–Trinajstić information content (AvgIpc) is 2.87. The standard InChI is InChI=1S/C33H56O4/c1-3-5-7-9-11-13-15-16-18-20-23-27-31(28-24-22-25-29-32(34)35)37-33(36)30-26-21-19-17-14-12-10-8-6-4-2/h5,7,11,13,16,18,23,27,31H,3-4,6,8-10,12,14-15,17,19-22,24-26,28-30H2,1-2H3,(H,34,35)/b7-5-,13-11-,18-16-,27-23-. The van der Waals surface area contributed by atoms with E-state index in [-0.39, 0.29) is 18.5 Å². The number of ether oxygens (including phenoxy) is 1. The number of carbonyl (C=O) groups is 2. The van der Waals surface area contributed by atoms with Gasteiger partial charge in [-0.05, 0) is 57.4 Å². The number of esters is 1. The summed E-state index contributed by atoms with van der Waals surface area (Å²) in [5, 5.41) is 8.81. The molecule has 0 radical (unpaired) electrons. The van der Waals surface area contributed by atoms with Crippen molar-refractivity contribution in [2.45, 2.75) is 148 Å². The zero-order valence-electron chi connectivity index (χ0n) is 24.0. The van der Waals surface area contributed by atoms with Crippen LogP contribution in [-0.4, -0.2) is 23.1 Å². The summed E-state index contributed by atoms with van der Waals surface area (Å²) in [6.45, 7) is 4.39. The highest BCUT2D eigenvalue weighted by atomic mass is 16.5. The highest BCUT2D eigenvalue weighted by Crippen LogP contribution is 2.14. The molecule has 0 spiro atoms. The first-order chi connectivity index (χ1) is 18.1. The Bertz CT molecular complexity index is 645. The van der Waals surface area contributed by atoms with Gasteiger partial charge in [0, 0.05) is 12.8 Å². The van der Waals surface area contributed by atoms with E-state index < -0.39 is 5.97 Å². The molecule has 1 N–H and O–H groups in total. The summed E-state index contributed by atoms with van der Waals surface area (Å²) < 4.78 is 5.77. The minimum absolute atomic E-state index is 0.113. The molecule has 0 aromatic heterocycles. The van der Waals surface area contributed by atoms with E-state index in [1.54, 1.807) is 0 Å². The fraction of sp³-hybridized carbons (Fsp3) is 0.697. The second-order valence-electron chi connectivity index (χ2n) is 9.91. The fourth-order valence-electron chi connectivity index (χ4n) is 4.09. The third-order valence-corrected chi connectivity index (χ3v) is 6.30. The van der Waals surface area contributed by atoms with Gasteiger partial charge >= 0.3 is 11.9 Å². The molecule has 0 fully saturated rings. The molecule has 0 saturated heterocycles. The molecule has 4 nitrogen and oxygen atoms in total. The van der Waals surface area contributed by atoms with E-state index in [1.807, 2.05) is 6.08 Å². The minimum atomic E-state index is -0.751. The maximum Gasteiger partial charge on any atom is 0.306 e. The monoisotopic (exact) mass is 516 g/mol. The van der Waals surface area contributed by atoms with Crippen molar-refractivity contribution in [3.63, 3.8) is 0 Å². The summed E-state index contributed by atoms with van der Waals surface area (Å²) in [7, 11) is 0. The van der Waals surface area contributed by atoms with Crippen LogP contribution in [-0.2, 0) is 14.3 Å². The van der Waals surface area contributed by atoms with Crippen molar-refractivity contribution in [3.8, 4) is 0 Å². The fourth-order valence-corrected chi connectivity index (χ4v) is 4.09. The Kier molecular flexibility index (Phi) is 26.9. The zero-order chi connectivity index (χ0) is 27.2. The summed E-state index contributed by atoms with van der Waals surface area (Å²) in [6, 6.07) is 0. The second-order valence-corrected chi connectivity index (χ2v) is 9.91. The van der Waals surface area contributed by atoms with Crippen LogP contribution < -0.4 is 0 Å². The van der Waals surface area contributed by atoms with Crippen LogP contribution in [0.1, 0.15) is 142 Å². The summed E-state index contributed by atoms with van der Waals surface area (Å²) >= 11 is 0. The molecule has 212 valence electrons. The van der Waals surface area contributed by atoms with Crippen molar-refractivity contribution in [2.24, 2.45) is 0 Å². The quantitative estimate of drug-likeness (QED) is 0.0705. The van der Waals surface area contributed by atoms with E-state index in [1.165, 1.54) is 51.4 Å². The maximum absolute atomic E-state index is 12.4. The maximum atomic E-state index is 12.4. The molecule has 0 rings (SSSR count). The van der Waals surface area contributed by atoms with Crippen LogP contribution in [0.4, 0.5) is 0 Å². The van der Waals surface area contributed by atoms with E-state index in [0.717, 1.165) is 57.8 Å². The Morgan fingerprint density at radius 3 is 1.68 bits per heavy atom. The molecule has 4 heteroatoms. The van der Waals surface area contributed by atoms with Crippen LogP contribution in [0, 0.1) is 0 Å². The third kappa shape index (κ3) is 28.3. The number of hydrogen-bond acceptors (Lipinski definition) is 3. The van der Waals surface area contributed by atoms with E-state index in [2.05, 4.69) is 56.4 Å². The molecule has 0 bridgehead atoms. The van der Waals surface area contributed by atoms with E-state index in [0.29, 0.717) is 12.8 Å². The Morgan fingerprint density at radius 2 is 1.11 bits per heavy atom. The summed E-state index contributed by atoms with van der Waals surface area (Å²) in [6.07, 6.45) is 36.9. The van der Waals surface area contributed by atoms with E-state index >= 15 is 0 Å². The normalized spacial score (nSPS) is 12.9. The molecule has 0 aromatic rings. The Balaban J connectivity index is 4.25. The number of rotatable bonds is 26. The SMILES string of the molecule is CC/C=C\C/C=C\C/C=C\C/C=C\C(CCCCCC(=O)O)OC(=O)CCCCCCCCCCCC. The third-order valence-electron chi connectivity index (χ3n) is 6.30. The molecule has 0 heterocycles. The Hall–Kier alpha value is -2.10. The second kappa shape index (κ2) is 28.5. The van der Waals surface area contributed by atoms with Crippen LogP contribution in [0.15, 0.2) is 48.6 Å². The van der Waals surface area contributed by atoms with Gasteiger partial charge in [0.25, 0.3) is 0 Å². The average molecular weight is 517 g/mol. The van der Waals surface area contributed by atoms with Crippen LogP contribution in [0.2, 0.25) is 0 Å². The molecule has 0 saturated carbocycles. The molecule has 37 heavy (non-hydrogen) atoms. The highest BCUT2D eigenvalue weighted by Gasteiger charge is 2.11. The molecule has 0 aliphatic carbocycles. The number of carboxylic acid groups (broad SMARTS) is 1. The smallest absolute Gasteiger partial charge is 0.306 e. The zero-order valence-corrected chi connectivity index (χ0v) is 24.0. The predicted molar refractivity (Wildman–Crippen MR) is 158 cm³/mol. The number of carboxylic acids is 1.